The maximum atomic E-state index is 12.4. The molecule has 2 aromatic carbocycles. The molecule has 0 fully saturated rings. The van der Waals surface area contributed by atoms with Crippen molar-refractivity contribution in [3.05, 3.63) is 77.6 Å². The predicted molar refractivity (Wildman–Crippen MR) is 105 cm³/mol. The largest absolute Gasteiger partial charge is 0.454 e. The summed E-state index contributed by atoms with van der Waals surface area (Å²) in [7, 11) is 1.75. The third kappa shape index (κ3) is 2.42. The van der Waals surface area contributed by atoms with Gasteiger partial charge in [-0.25, -0.2) is 4.98 Å². The fourth-order valence-corrected chi connectivity index (χ4v) is 3.39. The van der Waals surface area contributed by atoms with Gasteiger partial charge in [0.2, 0.25) is 0 Å². The number of rotatable bonds is 3. The lowest BCUT2D eigenvalue weighted by atomic mass is 10.0. The highest BCUT2D eigenvalue weighted by molar-refractivity contribution is 6.00. The molecular formula is C21H16N4O2. The van der Waals surface area contributed by atoms with Gasteiger partial charge in [0.15, 0.2) is 5.75 Å². The van der Waals surface area contributed by atoms with E-state index >= 15 is 0 Å². The van der Waals surface area contributed by atoms with Gasteiger partial charge in [-0.1, -0.05) is 18.2 Å². The number of hydrogen-bond donors (Lipinski definition) is 2. The van der Waals surface area contributed by atoms with E-state index in [1.54, 1.807) is 24.1 Å². The van der Waals surface area contributed by atoms with E-state index in [-0.39, 0.29) is 5.56 Å². The Hall–Kier alpha value is -3.80. The van der Waals surface area contributed by atoms with Crippen molar-refractivity contribution >= 4 is 21.9 Å². The number of benzene rings is 2. The highest BCUT2D eigenvalue weighted by atomic mass is 16.5. The van der Waals surface area contributed by atoms with Crippen molar-refractivity contribution in [3.63, 3.8) is 0 Å². The molecule has 0 amide bonds. The first-order valence-electron chi connectivity index (χ1n) is 8.58. The van der Waals surface area contributed by atoms with Crippen molar-refractivity contribution in [2.75, 3.05) is 0 Å². The Morgan fingerprint density at radius 3 is 2.70 bits per heavy atom. The van der Waals surface area contributed by atoms with Crippen LogP contribution in [0.25, 0.3) is 33.1 Å². The number of hydrogen-bond acceptors (Lipinski definition) is 3. The smallest absolute Gasteiger partial charge is 0.274 e. The SMILES string of the molecule is Cn1cc(-c2ccc3[nH]cnc3c2Oc2ccccc2)c2cc[nH]c2c1=O. The van der Waals surface area contributed by atoms with Crippen molar-refractivity contribution in [2.45, 2.75) is 0 Å². The van der Waals surface area contributed by atoms with Crippen molar-refractivity contribution < 1.29 is 4.74 Å². The number of ether oxygens (including phenoxy) is 1. The zero-order valence-corrected chi connectivity index (χ0v) is 14.6. The summed E-state index contributed by atoms with van der Waals surface area (Å²) in [6.07, 6.45) is 5.27. The molecule has 0 atom stereocenters. The first-order valence-corrected chi connectivity index (χ1v) is 8.58. The first-order chi connectivity index (χ1) is 13.2. The van der Waals surface area contributed by atoms with Crippen LogP contribution < -0.4 is 10.3 Å². The highest BCUT2D eigenvalue weighted by Gasteiger charge is 2.18. The van der Waals surface area contributed by atoms with Crippen molar-refractivity contribution in [2.24, 2.45) is 7.05 Å². The minimum Gasteiger partial charge on any atom is -0.454 e. The van der Waals surface area contributed by atoms with Gasteiger partial charge in [0.05, 0.1) is 11.8 Å². The van der Waals surface area contributed by atoms with Crippen LogP contribution in [0.15, 0.2) is 72.0 Å². The molecule has 0 saturated heterocycles. The number of nitrogens with one attached hydrogen (secondary N) is 2. The van der Waals surface area contributed by atoms with Crippen molar-refractivity contribution in [1.82, 2.24) is 19.5 Å². The summed E-state index contributed by atoms with van der Waals surface area (Å²) in [5, 5.41) is 0.853. The Morgan fingerprint density at radius 1 is 1.00 bits per heavy atom. The van der Waals surface area contributed by atoms with Gasteiger partial charge in [0.1, 0.15) is 16.8 Å². The molecule has 0 saturated carbocycles. The summed E-state index contributed by atoms with van der Waals surface area (Å²) in [6, 6.07) is 15.5. The fourth-order valence-electron chi connectivity index (χ4n) is 3.39. The van der Waals surface area contributed by atoms with E-state index in [1.165, 1.54) is 0 Å². The van der Waals surface area contributed by atoms with Crippen molar-refractivity contribution in [3.8, 4) is 22.6 Å². The van der Waals surface area contributed by atoms with Gasteiger partial charge in [-0.3, -0.25) is 4.79 Å². The number of pyridine rings is 1. The first kappa shape index (κ1) is 15.5. The molecule has 0 aliphatic rings. The number of aromatic nitrogens is 4. The predicted octanol–water partition coefficient (Wildman–Crippen LogP) is 4.20. The quantitative estimate of drug-likeness (QED) is 0.509. The molecule has 3 aromatic heterocycles. The lowest BCUT2D eigenvalue weighted by Crippen LogP contribution is -2.16. The van der Waals surface area contributed by atoms with E-state index in [1.807, 2.05) is 54.7 Å². The zero-order chi connectivity index (χ0) is 18.4. The molecule has 3 heterocycles. The highest BCUT2D eigenvalue weighted by Crippen LogP contribution is 2.40. The van der Waals surface area contributed by atoms with Crippen molar-refractivity contribution in [1.29, 1.82) is 0 Å². The average Bonchev–Trinajstić information content (AvgIpc) is 3.36. The molecule has 6 nitrogen and oxygen atoms in total. The van der Waals surface area contributed by atoms with Crippen LogP contribution in [0.5, 0.6) is 11.5 Å². The molecule has 2 N–H and O–H groups in total. The monoisotopic (exact) mass is 356 g/mol. The third-order valence-corrected chi connectivity index (χ3v) is 4.69. The van der Waals surface area contributed by atoms with Gasteiger partial charge in [0.25, 0.3) is 5.56 Å². The van der Waals surface area contributed by atoms with Gasteiger partial charge in [-0.15, -0.1) is 0 Å². The molecule has 5 rings (SSSR count). The topological polar surface area (TPSA) is 75.7 Å². The zero-order valence-electron chi connectivity index (χ0n) is 14.6. The van der Waals surface area contributed by atoms with Crippen LogP contribution in [0.4, 0.5) is 0 Å². The second-order valence-corrected chi connectivity index (χ2v) is 6.38. The van der Waals surface area contributed by atoms with Crippen LogP contribution in [0.1, 0.15) is 0 Å². The van der Waals surface area contributed by atoms with E-state index < -0.39 is 0 Å². The Labute approximate surface area is 154 Å². The molecule has 5 aromatic rings. The summed E-state index contributed by atoms with van der Waals surface area (Å²) in [5.74, 6) is 1.38. The summed E-state index contributed by atoms with van der Waals surface area (Å²) < 4.78 is 7.83. The van der Waals surface area contributed by atoms with Crippen LogP contribution >= 0.6 is 0 Å². The molecule has 0 bridgehead atoms. The molecule has 0 unspecified atom stereocenters. The van der Waals surface area contributed by atoms with E-state index in [0.29, 0.717) is 11.3 Å². The fraction of sp³-hybridized carbons (Fsp3) is 0.0476. The molecule has 6 heteroatoms. The summed E-state index contributed by atoms with van der Waals surface area (Å²) in [5.41, 5.74) is 3.92. The molecule has 27 heavy (non-hydrogen) atoms. The molecule has 132 valence electrons. The second-order valence-electron chi connectivity index (χ2n) is 6.38. The lowest BCUT2D eigenvalue weighted by molar-refractivity contribution is 0.489. The Bertz CT molecular complexity index is 1330. The summed E-state index contributed by atoms with van der Waals surface area (Å²) in [4.78, 5) is 23.0. The number of fused-ring (bicyclic) bond motifs is 2. The second kappa shape index (κ2) is 5.88. The standard InChI is InChI=1S/C21H16N4O2/c1-25-11-16(14-9-10-22-18(14)21(25)26)15-7-8-17-19(24-12-23-17)20(15)27-13-5-3-2-4-6-13/h2-12,22H,1H3,(H,23,24). The third-order valence-electron chi connectivity index (χ3n) is 4.69. The number of aryl methyl sites for hydroxylation is 1. The number of nitrogens with zero attached hydrogens (tertiary/aromatic N) is 2. The Morgan fingerprint density at radius 2 is 1.85 bits per heavy atom. The molecule has 0 aliphatic heterocycles. The van der Waals surface area contributed by atoms with E-state index in [9.17, 15) is 4.79 Å². The number of para-hydroxylation sites is 1. The summed E-state index contributed by atoms with van der Waals surface area (Å²) in [6.45, 7) is 0. The Balaban J connectivity index is 1.82. The van der Waals surface area contributed by atoms with Gasteiger partial charge in [0, 0.05) is 36.0 Å². The van der Waals surface area contributed by atoms with Gasteiger partial charge in [-0.2, -0.15) is 0 Å². The van der Waals surface area contributed by atoms with Gasteiger partial charge < -0.3 is 19.3 Å². The van der Waals surface area contributed by atoms with Crippen LogP contribution in [-0.2, 0) is 7.05 Å². The van der Waals surface area contributed by atoms with Crippen LogP contribution in [0.3, 0.4) is 0 Å². The van der Waals surface area contributed by atoms with E-state index in [4.69, 9.17) is 4.74 Å². The van der Waals surface area contributed by atoms with Crippen LogP contribution in [0.2, 0.25) is 0 Å². The maximum absolute atomic E-state index is 12.4. The van der Waals surface area contributed by atoms with Gasteiger partial charge in [-0.05, 0) is 30.3 Å². The van der Waals surface area contributed by atoms with E-state index in [2.05, 4.69) is 15.0 Å². The molecule has 0 radical (unpaired) electrons. The lowest BCUT2D eigenvalue weighted by Gasteiger charge is -2.14. The average molecular weight is 356 g/mol. The van der Waals surface area contributed by atoms with Crippen LogP contribution in [-0.4, -0.2) is 19.5 Å². The Kier molecular flexibility index (Phi) is 3.36. The number of imidazole rings is 1. The van der Waals surface area contributed by atoms with E-state index in [0.717, 1.165) is 33.3 Å². The summed E-state index contributed by atoms with van der Waals surface area (Å²) >= 11 is 0. The number of aromatic amines is 2. The number of H-pyrrole nitrogens is 2. The maximum Gasteiger partial charge on any atom is 0.274 e. The van der Waals surface area contributed by atoms with Crippen LogP contribution in [0, 0.1) is 0 Å². The normalized spacial score (nSPS) is 11.3. The van der Waals surface area contributed by atoms with Gasteiger partial charge >= 0.3 is 0 Å². The molecule has 0 spiro atoms. The minimum absolute atomic E-state index is 0.0647. The molecular weight excluding hydrogens is 340 g/mol. The minimum atomic E-state index is -0.0647. The molecule has 0 aliphatic carbocycles.